The number of aliphatic hydroxyl groups excluding tert-OH is 1. The van der Waals surface area contributed by atoms with Crippen LogP contribution < -0.4 is 0 Å². The maximum Gasteiger partial charge on any atom is 0.128 e. The molecule has 0 aliphatic heterocycles. The molecule has 1 aliphatic rings. The van der Waals surface area contributed by atoms with Gasteiger partial charge in [-0.2, -0.15) is 0 Å². The lowest BCUT2D eigenvalue weighted by Gasteiger charge is -2.24. The van der Waals surface area contributed by atoms with Crippen LogP contribution in [0.15, 0.2) is 24.3 Å². The van der Waals surface area contributed by atoms with E-state index < -0.39 is 17.4 Å². The number of aldehydes is 1. The number of halogens is 1. The highest BCUT2D eigenvalue weighted by Gasteiger charge is 2.28. The van der Waals surface area contributed by atoms with E-state index in [4.69, 9.17) is 11.6 Å². The Labute approximate surface area is 70.2 Å². The van der Waals surface area contributed by atoms with E-state index in [1.54, 1.807) is 12.2 Å². The van der Waals surface area contributed by atoms with Crippen molar-refractivity contribution < 1.29 is 9.90 Å². The average Bonchev–Trinajstić information content (AvgIpc) is 2.01. The van der Waals surface area contributed by atoms with Crippen LogP contribution in [0.4, 0.5) is 0 Å². The predicted molar refractivity (Wildman–Crippen MR) is 43.5 cm³/mol. The fourth-order valence-corrected chi connectivity index (χ4v) is 1.28. The van der Waals surface area contributed by atoms with Crippen LogP contribution in [-0.4, -0.2) is 22.9 Å². The van der Waals surface area contributed by atoms with Crippen molar-refractivity contribution in [1.82, 2.24) is 0 Å². The maximum absolute atomic E-state index is 10.3. The number of allylic oxidation sites excluding steroid dienone is 1. The molecule has 0 saturated heterocycles. The normalized spacial score (nSPS) is 37.3. The van der Waals surface area contributed by atoms with Gasteiger partial charge in [0.1, 0.15) is 6.29 Å². The summed E-state index contributed by atoms with van der Waals surface area (Å²) in [5.74, 6) is -0.392. The molecular formula is C8H9ClO2. The van der Waals surface area contributed by atoms with Crippen LogP contribution in [0.25, 0.3) is 0 Å². The number of aliphatic hydroxyl groups is 1. The molecule has 0 heterocycles. The Balaban J connectivity index is 2.83. The third-order valence-corrected chi connectivity index (χ3v) is 2.27. The zero-order chi connectivity index (χ0) is 8.43. The molecule has 2 nitrogen and oxygen atoms in total. The Morgan fingerprint density at radius 2 is 2.36 bits per heavy atom. The number of carbonyl (C=O) groups excluding carboxylic acids is 1. The van der Waals surface area contributed by atoms with E-state index in [0.717, 1.165) is 6.29 Å². The van der Waals surface area contributed by atoms with Crippen LogP contribution in [0.2, 0.25) is 0 Å². The summed E-state index contributed by atoms with van der Waals surface area (Å²) in [6, 6.07) is 0. The van der Waals surface area contributed by atoms with Crippen LogP contribution in [0.1, 0.15) is 0 Å². The van der Waals surface area contributed by atoms with Gasteiger partial charge in [-0.25, -0.2) is 0 Å². The first-order valence-corrected chi connectivity index (χ1v) is 3.75. The molecule has 3 heteroatoms. The Hall–Kier alpha value is -0.600. The van der Waals surface area contributed by atoms with Gasteiger partial charge in [-0.05, 0) is 5.57 Å². The first-order chi connectivity index (χ1) is 5.16. The summed E-state index contributed by atoms with van der Waals surface area (Å²) in [4.78, 5) is 10.3. The predicted octanol–water partition coefficient (Wildman–Crippen LogP) is 0.896. The lowest BCUT2D eigenvalue weighted by Crippen LogP contribution is -2.32. The minimum absolute atomic E-state index is 0.392. The largest absolute Gasteiger partial charge is 0.387 e. The van der Waals surface area contributed by atoms with Crippen LogP contribution in [0.3, 0.4) is 0 Å². The average molecular weight is 173 g/mol. The number of hydrogen-bond donors (Lipinski definition) is 1. The Kier molecular flexibility index (Phi) is 2.47. The van der Waals surface area contributed by atoms with E-state index in [9.17, 15) is 9.90 Å². The van der Waals surface area contributed by atoms with Crippen LogP contribution >= 0.6 is 11.6 Å². The monoisotopic (exact) mass is 172 g/mol. The molecule has 0 spiro atoms. The summed E-state index contributed by atoms with van der Waals surface area (Å²) in [5, 5.41) is 8.74. The molecule has 11 heavy (non-hydrogen) atoms. The fraction of sp³-hybridized carbons (Fsp3) is 0.375. The molecule has 1 rings (SSSR count). The highest BCUT2D eigenvalue weighted by molar-refractivity contribution is 6.22. The van der Waals surface area contributed by atoms with Crippen molar-refractivity contribution in [3.8, 4) is 0 Å². The van der Waals surface area contributed by atoms with Gasteiger partial charge in [-0.15, -0.1) is 11.6 Å². The molecular weight excluding hydrogens is 164 g/mol. The van der Waals surface area contributed by atoms with Gasteiger partial charge in [0.15, 0.2) is 0 Å². The lowest BCUT2D eigenvalue weighted by molar-refractivity contribution is -0.110. The molecule has 60 valence electrons. The molecule has 0 amide bonds. The van der Waals surface area contributed by atoms with Crippen molar-refractivity contribution in [2.45, 2.75) is 11.5 Å². The van der Waals surface area contributed by atoms with Crippen LogP contribution in [-0.2, 0) is 4.79 Å². The molecule has 0 radical (unpaired) electrons. The summed E-state index contributed by atoms with van der Waals surface area (Å²) in [7, 11) is 0. The van der Waals surface area contributed by atoms with E-state index in [0.29, 0.717) is 5.57 Å². The summed E-state index contributed by atoms with van der Waals surface area (Å²) < 4.78 is 0. The highest BCUT2D eigenvalue weighted by Crippen LogP contribution is 2.24. The minimum atomic E-state index is -0.795. The number of rotatable bonds is 1. The van der Waals surface area contributed by atoms with E-state index in [2.05, 4.69) is 6.58 Å². The fourth-order valence-electron chi connectivity index (χ4n) is 0.975. The lowest BCUT2D eigenvalue weighted by atomic mass is 9.91. The summed E-state index contributed by atoms with van der Waals surface area (Å²) in [5.41, 5.74) is 0.558. The first-order valence-electron chi connectivity index (χ1n) is 3.31. The molecule has 1 aliphatic carbocycles. The molecule has 0 fully saturated rings. The standard InChI is InChI=1S/C8H9ClO2/c1-5-2-3-6(4-10)7(9)8(5)11/h2-4,6-8,11H,1H2. The van der Waals surface area contributed by atoms with Gasteiger partial charge in [0.2, 0.25) is 0 Å². The van der Waals surface area contributed by atoms with Gasteiger partial charge < -0.3 is 9.90 Å². The second-order valence-electron chi connectivity index (χ2n) is 2.54. The second kappa shape index (κ2) is 3.20. The van der Waals surface area contributed by atoms with E-state index in [1.807, 2.05) is 0 Å². The van der Waals surface area contributed by atoms with Crippen LogP contribution in [0, 0.1) is 5.92 Å². The zero-order valence-electron chi connectivity index (χ0n) is 5.90. The molecule has 0 saturated carbocycles. The van der Waals surface area contributed by atoms with Gasteiger partial charge in [-0.1, -0.05) is 18.7 Å². The zero-order valence-corrected chi connectivity index (χ0v) is 6.66. The SMILES string of the molecule is C=C1C=CC(C=O)C(Cl)C1O. The van der Waals surface area contributed by atoms with Gasteiger partial charge in [0, 0.05) is 0 Å². The smallest absolute Gasteiger partial charge is 0.128 e. The van der Waals surface area contributed by atoms with Crippen molar-refractivity contribution in [3.05, 3.63) is 24.3 Å². The second-order valence-corrected chi connectivity index (χ2v) is 3.04. The van der Waals surface area contributed by atoms with Crippen molar-refractivity contribution in [2.24, 2.45) is 5.92 Å². The summed E-state index contributed by atoms with van der Waals surface area (Å²) in [6.45, 7) is 3.58. The number of alkyl halides is 1. The molecule has 3 unspecified atom stereocenters. The molecule has 1 N–H and O–H groups in total. The van der Waals surface area contributed by atoms with Crippen molar-refractivity contribution in [3.63, 3.8) is 0 Å². The Bertz CT molecular complexity index is 210. The minimum Gasteiger partial charge on any atom is -0.387 e. The number of hydrogen-bond acceptors (Lipinski definition) is 2. The van der Waals surface area contributed by atoms with Crippen molar-refractivity contribution in [1.29, 1.82) is 0 Å². The Morgan fingerprint density at radius 1 is 1.73 bits per heavy atom. The third-order valence-electron chi connectivity index (χ3n) is 1.74. The van der Waals surface area contributed by atoms with Crippen molar-refractivity contribution in [2.75, 3.05) is 0 Å². The molecule has 3 atom stereocenters. The maximum atomic E-state index is 10.3. The van der Waals surface area contributed by atoms with E-state index in [-0.39, 0.29) is 0 Å². The molecule has 0 aromatic heterocycles. The van der Waals surface area contributed by atoms with E-state index >= 15 is 0 Å². The summed E-state index contributed by atoms with van der Waals surface area (Å²) >= 11 is 5.73. The molecule has 0 bridgehead atoms. The van der Waals surface area contributed by atoms with Gasteiger partial charge >= 0.3 is 0 Å². The Morgan fingerprint density at radius 3 is 2.91 bits per heavy atom. The van der Waals surface area contributed by atoms with Crippen LogP contribution in [0.5, 0.6) is 0 Å². The highest BCUT2D eigenvalue weighted by atomic mass is 35.5. The topological polar surface area (TPSA) is 37.3 Å². The molecule has 0 aromatic rings. The van der Waals surface area contributed by atoms with E-state index in [1.165, 1.54) is 0 Å². The van der Waals surface area contributed by atoms with Crippen molar-refractivity contribution >= 4 is 17.9 Å². The van der Waals surface area contributed by atoms with Gasteiger partial charge in [-0.3, -0.25) is 0 Å². The molecule has 0 aromatic carbocycles. The van der Waals surface area contributed by atoms with Gasteiger partial charge in [0.25, 0.3) is 0 Å². The van der Waals surface area contributed by atoms with Gasteiger partial charge in [0.05, 0.1) is 17.4 Å². The first kappa shape index (κ1) is 8.50. The number of carbonyl (C=O) groups is 1. The third kappa shape index (κ3) is 1.52. The summed E-state index contributed by atoms with van der Waals surface area (Å²) in [6.07, 6.45) is 3.21. The quantitative estimate of drug-likeness (QED) is 0.471.